The van der Waals surface area contributed by atoms with E-state index < -0.39 is 7.82 Å². The van der Waals surface area contributed by atoms with Crippen molar-refractivity contribution in [1.29, 1.82) is 0 Å². The van der Waals surface area contributed by atoms with E-state index in [1.807, 2.05) is 0 Å². The Balaban J connectivity index is 3.05. The van der Waals surface area contributed by atoms with Gasteiger partial charge in [-0.25, -0.2) is 4.57 Å². The first kappa shape index (κ1) is 21.4. The Labute approximate surface area is 146 Å². The molecular weight excluding hydrogens is 323 g/mol. The maximum atomic E-state index is 10.8. The molecule has 0 saturated carbocycles. The van der Waals surface area contributed by atoms with Gasteiger partial charge in [0.1, 0.15) is 0 Å². The average molecular weight is 356 g/mol. The van der Waals surface area contributed by atoms with Gasteiger partial charge >= 0.3 is 7.82 Å². The van der Waals surface area contributed by atoms with E-state index >= 15 is 0 Å². The Hall–Kier alpha value is -0.670. The largest absolute Gasteiger partial charge is 0.469 e. The second-order valence-corrected chi connectivity index (χ2v) is 9.01. The molecule has 0 fully saturated rings. The summed E-state index contributed by atoms with van der Waals surface area (Å²) < 4.78 is 15.3. The number of hydrogen-bond donors (Lipinski definition) is 2. The molecule has 0 aliphatic heterocycles. The van der Waals surface area contributed by atoms with Gasteiger partial charge in [-0.2, -0.15) is 0 Å². The summed E-state index contributed by atoms with van der Waals surface area (Å²) in [6, 6.07) is 6.70. The SMILES string of the molecule is CCC(C)(C)c1ccc(CCCOP(=O)(O)O)c(C(C)(C)CC)c1. The zero-order valence-electron chi connectivity index (χ0n) is 15.9. The van der Waals surface area contributed by atoms with E-state index in [0.717, 1.165) is 19.3 Å². The van der Waals surface area contributed by atoms with Gasteiger partial charge in [0.2, 0.25) is 0 Å². The second kappa shape index (κ2) is 8.14. The van der Waals surface area contributed by atoms with Gasteiger partial charge in [-0.15, -0.1) is 0 Å². The van der Waals surface area contributed by atoms with Crippen molar-refractivity contribution in [3.8, 4) is 0 Å². The molecule has 1 rings (SSSR count). The lowest BCUT2D eigenvalue weighted by Gasteiger charge is -2.31. The van der Waals surface area contributed by atoms with Crippen molar-refractivity contribution in [2.45, 2.75) is 78.1 Å². The van der Waals surface area contributed by atoms with Crippen LogP contribution in [0.2, 0.25) is 0 Å². The molecule has 0 radical (unpaired) electrons. The lowest BCUT2D eigenvalue weighted by Crippen LogP contribution is -2.22. The molecule has 1 aromatic rings. The van der Waals surface area contributed by atoms with E-state index in [1.54, 1.807) is 0 Å². The molecule has 0 spiro atoms. The molecule has 5 heteroatoms. The Morgan fingerprint density at radius 3 is 2.12 bits per heavy atom. The molecule has 0 atom stereocenters. The minimum Gasteiger partial charge on any atom is -0.303 e. The fourth-order valence-corrected chi connectivity index (χ4v) is 3.05. The average Bonchev–Trinajstić information content (AvgIpc) is 2.50. The van der Waals surface area contributed by atoms with Crippen molar-refractivity contribution < 1.29 is 18.9 Å². The van der Waals surface area contributed by atoms with Crippen LogP contribution in [0.5, 0.6) is 0 Å². The van der Waals surface area contributed by atoms with Gasteiger partial charge in [-0.1, -0.05) is 59.7 Å². The summed E-state index contributed by atoms with van der Waals surface area (Å²) in [5.41, 5.74) is 4.13. The molecule has 1 aromatic carbocycles. The normalized spacial score (nSPS) is 13.3. The minimum atomic E-state index is -4.37. The third-order valence-electron chi connectivity index (χ3n) is 5.24. The molecule has 0 aliphatic carbocycles. The van der Waals surface area contributed by atoms with Gasteiger partial charge in [0.15, 0.2) is 0 Å². The summed E-state index contributed by atoms with van der Waals surface area (Å²) in [4.78, 5) is 17.6. The molecule has 2 N–H and O–H groups in total. The van der Waals surface area contributed by atoms with E-state index in [2.05, 4.69) is 64.3 Å². The third kappa shape index (κ3) is 6.00. The monoisotopic (exact) mass is 356 g/mol. The van der Waals surface area contributed by atoms with E-state index in [-0.39, 0.29) is 17.4 Å². The highest BCUT2D eigenvalue weighted by Gasteiger charge is 2.25. The van der Waals surface area contributed by atoms with Crippen molar-refractivity contribution >= 4 is 7.82 Å². The van der Waals surface area contributed by atoms with Gasteiger partial charge in [0.25, 0.3) is 0 Å². The molecule has 0 saturated heterocycles. The highest BCUT2D eigenvalue weighted by molar-refractivity contribution is 7.46. The summed E-state index contributed by atoms with van der Waals surface area (Å²) in [5, 5.41) is 0. The highest BCUT2D eigenvalue weighted by atomic mass is 31.2. The number of rotatable bonds is 9. The Morgan fingerprint density at radius 1 is 1.04 bits per heavy atom. The standard InChI is InChI=1S/C19H33O4P/c1-7-18(3,4)16-12-11-15(10-9-13-23-24(20,21)22)17(14-16)19(5,6)8-2/h11-12,14H,7-10,13H2,1-6H3,(H2,20,21,22). The number of hydrogen-bond acceptors (Lipinski definition) is 2. The lowest BCUT2D eigenvalue weighted by molar-refractivity contribution is 0.195. The third-order valence-corrected chi connectivity index (χ3v) is 5.76. The van der Waals surface area contributed by atoms with Crippen LogP contribution >= 0.6 is 7.82 Å². The van der Waals surface area contributed by atoms with Crippen LogP contribution in [0.4, 0.5) is 0 Å². The van der Waals surface area contributed by atoms with Gasteiger partial charge in [0, 0.05) is 0 Å². The quantitative estimate of drug-likeness (QED) is 0.477. The summed E-state index contributed by atoms with van der Waals surface area (Å²) in [6.45, 7) is 13.5. The van der Waals surface area contributed by atoms with Crippen molar-refractivity contribution in [2.24, 2.45) is 0 Å². The molecule has 138 valence electrons. The first-order valence-corrected chi connectivity index (χ1v) is 10.3. The zero-order chi connectivity index (χ0) is 18.6. The highest BCUT2D eigenvalue weighted by Crippen LogP contribution is 2.37. The Kier molecular flexibility index (Phi) is 7.25. The first-order valence-electron chi connectivity index (χ1n) is 8.77. The minimum absolute atomic E-state index is 0.0679. The van der Waals surface area contributed by atoms with Crippen LogP contribution < -0.4 is 0 Å². The van der Waals surface area contributed by atoms with Crippen molar-refractivity contribution in [3.05, 3.63) is 34.9 Å². The van der Waals surface area contributed by atoms with Crippen molar-refractivity contribution in [1.82, 2.24) is 0 Å². The molecule has 0 aliphatic rings. The maximum absolute atomic E-state index is 10.8. The topological polar surface area (TPSA) is 66.8 Å². The molecule has 24 heavy (non-hydrogen) atoms. The van der Waals surface area contributed by atoms with Gasteiger partial charge < -0.3 is 9.79 Å². The predicted molar refractivity (Wildman–Crippen MR) is 99.4 cm³/mol. The number of aryl methyl sites for hydroxylation is 1. The number of phosphoric acid groups is 1. The Morgan fingerprint density at radius 2 is 1.62 bits per heavy atom. The van der Waals surface area contributed by atoms with Crippen LogP contribution in [0.3, 0.4) is 0 Å². The number of benzene rings is 1. The molecule has 0 unspecified atom stereocenters. The van der Waals surface area contributed by atoms with Gasteiger partial charge in [0.05, 0.1) is 6.61 Å². The van der Waals surface area contributed by atoms with Crippen molar-refractivity contribution in [2.75, 3.05) is 6.61 Å². The first-order chi connectivity index (χ1) is 10.9. The molecule has 0 heterocycles. The van der Waals surface area contributed by atoms with Gasteiger partial charge in [-0.05, 0) is 53.2 Å². The van der Waals surface area contributed by atoms with Crippen LogP contribution in [0.15, 0.2) is 18.2 Å². The smallest absolute Gasteiger partial charge is 0.303 e. The van der Waals surface area contributed by atoms with Crippen LogP contribution in [-0.2, 0) is 26.3 Å². The van der Waals surface area contributed by atoms with Gasteiger partial charge in [-0.3, -0.25) is 4.52 Å². The van der Waals surface area contributed by atoms with Crippen LogP contribution in [0.1, 0.15) is 77.5 Å². The molecule has 0 amide bonds. The fraction of sp³-hybridized carbons (Fsp3) is 0.684. The van der Waals surface area contributed by atoms with E-state index in [1.165, 1.54) is 16.7 Å². The van der Waals surface area contributed by atoms with E-state index in [9.17, 15) is 4.57 Å². The van der Waals surface area contributed by atoms with Crippen molar-refractivity contribution in [3.63, 3.8) is 0 Å². The lowest BCUT2D eigenvalue weighted by atomic mass is 9.74. The molecule has 4 nitrogen and oxygen atoms in total. The number of phosphoric ester groups is 1. The van der Waals surface area contributed by atoms with Crippen LogP contribution in [-0.4, -0.2) is 16.4 Å². The Bertz CT molecular complexity index is 587. The van der Waals surface area contributed by atoms with Crippen LogP contribution in [0.25, 0.3) is 0 Å². The van der Waals surface area contributed by atoms with E-state index in [0.29, 0.717) is 6.42 Å². The van der Waals surface area contributed by atoms with Crippen LogP contribution in [0, 0.1) is 0 Å². The second-order valence-electron chi connectivity index (χ2n) is 7.77. The zero-order valence-corrected chi connectivity index (χ0v) is 16.8. The molecule has 0 bridgehead atoms. The maximum Gasteiger partial charge on any atom is 0.469 e. The summed E-state index contributed by atoms with van der Waals surface area (Å²) >= 11 is 0. The fourth-order valence-electron chi connectivity index (χ4n) is 2.69. The van der Waals surface area contributed by atoms with E-state index in [4.69, 9.17) is 9.79 Å². The predicted octanol–water partition coefficient (Wildman–Crippen LogP) is 5.10. The molecular formula is C19H33O4P. The summed E-state index contributed by atoms with van der Waals surface area (Å²) in [7, 11) is -4.37. The summed E-state index contributed by atoms with van der Waals surface area (Å²) in [6.07, 6.45) is 3.46. The summed E-state index contributed by atoms with van der Waals surface area (Å²) in [5.74, 6) is 0. The molecule has 0 aromatic heterocycles.